The molecule has 1 fully saturated rings. The van der Waals surface area contributed by atoms with Crippen molar-refractivity contribution in [2.75, 3.05) is 13.7 Å². The number of furan rings is 1. The summed E-state index contributed by atoms with van der Waals surface area (Å²) in [5.74, 6) is -1.11. The fourth-order valence-corrected chi connectivity index (χ4v) is 7.68. The molecule has 0 spiro atoms. The van der Waals surface area contributed by atoms with Crippen LogP contribution in [0.4, 0.5) is 0 Å². The van der Waals surface area contributed by atoms with E-state index in [-0.39, 0.29) is 23.4 Å². The van der Waals surface area contributed by atoms with E-state index in [0.717, 1.165) is 16.7 Å². The maximum atomic E-state index is 14.5. The molecule has 3 aliphatic rings. The first kappa shape index (κ1) is 22.0. The van der Waals surface area contributed by atoms with Crippen LogP contribution in [0.2, 0.25) is 0 Å². The van der Waals surface area contributed by atoms with Crippen LogP contribution in [0.25, 0.3) is 0 Å². The highest BCUT2D eigenvalue weighted by Crippen LogP contribution is 2.59. The van der Waals surface area contributed by atoms with E-state index in [9.17, 15) is 13.8 Å². The Hall–Kier alpha value is -2.77. The minimum Gasteiger partial charge on any atom is -0.493 e. The van der Waals surface area contributed by atoms with Crippen LogP contribution in [0.3, 0.4) is 0 Å². The van der Waals surface area contributed by atoms with E-state index in [1.54, 1.807) is 31.6 Å². The molecule has 0 saturated carbocycles. The van der Waals surface area contributed by atoms with Gasteiger partial charge >= 0.3 is 0 Å². The Kier molecular flexibility index (Phi) is 5.29. The summed E-state index contributed by atoms with van der Waals surface area (Å²) in [4.78, 5) is 28.2. The van der Waals surface area contributed by atoms with Crippen LogP contribution in [0.15, 0.2) is 75.7 Å². The molecule has 2 heterocycles. The summed E-state index contributed by atoms with van der Waals surface area (Å²) in [7, 11) is -0.444. The molecule has 2 aliphatic carbocycles. The molecule has 7 heteroatoms. The second kappa shape index (κ2) is 7.92. The van der Waals surface area contributed by atoms with Crippen molar-refractivity contribution >= 4 is 22.4 Å². The number of allylic oxidation sites excluding steroid dienone is 3. The van der Waals surface area contributed by atoms with E-state index in [0.29, 0.717) is 24.3 Å². The number of carbonyl (C=O) groups is 2. The van der Waals surface area contributed by atoms with Gasteiger partial charge in [0.15, 0.2) is 11.5 Å². The van der Waals surface area contributed by atoms with E-state index >= 15 is 0 Å². The van der Waals surface area contributed by atoms with Crippen molar-refractivity contribution in [2.45, 2.75) is 42.4 Å². The molecule has 0 N–H and O–H groups in total. The number of aryl methyl sites for hydroxylation is 1. The summed E-state index contributed by atoms with van der Waals surface area (Å²) < 4.78 is 29.7. The SMILES string of the molecule is COC1=CC(=O)[C@]2(C)CC=C3CO[C@H](c4ccoc4)C[C@@H]3[C@]2([S@@](=O)c2ccc(C)cc2)C1=O. The second-order valence-corrected chi connectivity index (χ2v) is 10.8. The molecule has 0 unspecified atom stereocenters. The van der Waals surface area contributed by atoms with Gasteiger partial charge in [0, 0.05) is 22.5 Å². The van der Waals surface area contributed by atoms with Crippen LogP contribution in [-0.4, -0.2) is 34.2 Å². The Morgan fingerprint density at radius 1 is 1.15 bits per heavy atom. The van der Waals surface area contributed by atoms with Crippen molar-refractivity contribution < 1.29 is 27.7 Å². The fraction of sp³-hybridized carbons (Fsp3) is 0.385. The second-order valence-electron chi connectivity index (χ2n) is 9.18. The molecule has 5 atom stereocenters. The first-order valence-electron chi connectivity index (χ1n) is 11.0. The molecule has 1 aromatic heterocycles. The zero-order chi connectivity index (χ0) is 23.4. The smallest absolute Gasteiger partial charge is 0.218 e. The number of hydrogen-bond donors (Lipinski definition) is 0. The zero-order valence-corrected chi connectivity index (χ0v) is 19.6. The van der Waals surface area contributed by atoms with Gasteiger partial charge in [-0.25, -0.2) is 0 Å². The molecular formula is C26H26O6S. The Bertz CT molecular complexity index is 1190. The van der Waals surface area contributed by atoms with Gasteiger partial charge in [0.05, 0.1) is 48.6 Å². The molecule has 5 rings (SSSR count). The van der Waals surface area contributed by atoms with Gasteiger partial charge in [-0.1, -0.05) is 30.7 Å². The van der Waals surface area contributed by atoms with E-state index in [4.69, 9.17) is 13.9 Å². The van der Waals surface area contributed by atoms with Crippen molar-refractivity contribution in [3.05, 3.63) is 77.5 Å². The number of benzene rings is 1. The largest absolute Gasteiger partial charge is 0.493 e. The average Bonchev–Trinajstić information content (AvgIpc) is 3.36. The van der Waals surface area contributed by atoms with E-state index in [2.05, 4.69) is 0 Å². The number of fused-ring (bicyclic) bond motifs is 3. The van der Waals surface area contributed by atoms with Gasteiger partial charge in [0.25, 0.3) is 0 Å². The first-order valence-corrected chi connectivity index (χ1v) is 12.1. The lowest BCUT2D eigenvalue weighted by molar-refractivity contribution is -0.140. The van der Waals surface area contributed by atoms with Gasteiger partial charge in [0.2, 0.25) is 5.78 Å². The van der Waals surface area contributed by atoms with Gasteiger partial charge in [-0.05, 0) is 43.5 Å². The Labute approximate surface area is 195 Å². The molecule has 1 saturated heterocycles. The average molecular weight is 467 g/mol. The lowest BCUT2D eigenvalue weighted by atomic mass is 9.55. The molecule has 33 heavy (non-hydrogen) atoms. The summed E-state index contributed by atoms with van der Waals surface area (Å²) in [5.41, 5.74) is 1.62. The van der Waals surface area contributed by atoms with Crippen molar-refractivity contribution in [1.82, 2.24) is 0 Å². The molecule has 6 nitrogen and oxygen atoms in total. The lowest BCUT2D eigenvalue weighted by Gasteiger charge is -2.55. The van der Waals surface area contributed by atoms with Crippen LogP contribution in [0.5, 0.6) is 0 Å². The number of ether oxygens (including phenoxy) is 2. The highest BCUT2D eigenvalue weighted by molar-refractivity contribution is 7.87. The monoisotopic (exact) mass is 466 g/mol. The van der Waals surface area contributed by atoms with Gasteiger partial charge in [-0.15, -0.1) is 0 Å². The molecule has 0 bridgehead atoms. The van der Waals surface area contributed by atoms with E-state index in [1.807, 2.05) is 31.2 Å². The Morgan fingerprint density at radius 2 is 1.91 bits per heavy atom. The quantitative estimate of drug-likeness (QED) is 0.627. The van der Waals surface area contributed by atoms with Crippen molar-refractivity contribution in [2.24, 2.45) is 11.3 Å². The fourth-order valence-electron chi connectivity index (χ4n) is 5.56. The van der Waals surface area contributed by atoms with Crippen LogP contribution in [-0.2, 0) is 29.9 Å². The van der Waals surface area contributed by atoms with Crippen LogP contribution in [0.1, 0.15) is 37.0 Å². The number of ketones is 2. The third kappa shape index (κ3) is 3.05. The summed E-state index contributed by atoms with van der Waals surface area (Å²) in [6.07, 6.45) is 6.87. The van der Waals surface area contributed by atoms with Crippen molar-refractivity contribution in [1.29, 1.82) is 0 Å². The maximum absolute atomic E-state index is 14.5. The summed E-state index contributed by atoms with van der Waals surface area (Å²) in [5, 5.41) is 0. The third-order valence-corrected chi connectivity index (χ3v) is 9.67. The van der Waals surface area contributed by atoms with Crippen molar-refractivity contribution in [3.63, 3.8) is 0 Å². The standard InChI is InChI=1S/C26H26O6S/c1-16-4-6-19(7-5-16)33(29)26-20-12-21(18-9-11-31-14-18)32-15-17(20)8-10-25(26,2)23(27)13-22(30-3)24(26)28/h4-9,11,13-14,20-21H,10,12,15H2,1-3H3/t20-,21-,25-,26-,33-/m0/s1. The molecule has 1 aromatic carbocycles. The highest BCUT2D eigenvalue weighted by atomic mass is 32.2. The van der Waals surface area contributed by atoms with Crippen molar-refractivity contribution in [3.8, 4) is 0 Å². The van der Waals surface area contributed by atoms with Gasteiger partial charge < -0.3 is 13.9 Å². The maximum Gasteiger partial charge on any atom is 0.218 e. The van der Waals surface area contributed by atoms with Gasteiger partial charge in [0.1, 0.15) is 4.75 Å². The minimum absolute atomic E-state index is 0.0365. The molecule has 2 aromatic rings. The predicted octanol–water partition coefficient (Wildman–Crippen LogP) is 4.23. The Balaban J connectivity index is 1.73. The molecule has 0 radical (unpaired) electrons. The molecule has 172 valence electrons. The van der Waals surface area contributed by atoms with E-state index in [1.165, 1.54) is 13.2 Å². The number of carbonyl (C=O) groups excluding carboxylic acids is 2. The third-order valence-electron chi connectivity index (χ3n) is 7.46. The zero-order valence-electron chi connectivity index (χ0n) is 18.8. The first-order chi connectivity index (χ1) is 15.8. The highest BCUT2D eigenvalue weighted by Gasteiger charge is 2.70. The van der Waals surface area contributed by atoms with Crippen LogP contribution < -0.4 is 0 Å². The van der Waals surface area contributed by atoms with Crippen LogP contribution >= 0.6 is 0 Å². The normalized spacial score (nSPS) is 32.3. The number of rotatable bonds is 4. The number of Topliss-reactive ketones (excluding diaryl/α,β-unsaturated/α-hetero) is 1. The predicted molar refractivity (Wildman–Crippen MR) is 122 cm³/mol. The molecular weight excluding hydrogens is 440 g/mol. The summed E-state index contributed by atoms with van der Waals surface area (Å²) in [6, 6.07) is 9.16. The molecule has 1 aliphatic heterocycles. The number of methoxy groups -OCH3 is 1. The van der Waals surface area contributed by atoms with Gasteiger partial charge in [-0.2, -0.15) is 0 Å². The minimum atomic E-state index is -1.82. The van der Waals surface area contributed by atoms with Crippen LogP contribution in [0, 0.1) is 18.3 Å². The Morgan fingerprint density at radius 3 is 2.58 bits per heavy atom. The topological polar surface area (TPSA) is 82.8 Å². The summed E-state index contributed by atoms with van der Waals surface area (Å²) >= 11 is 0. The lowest BCUT2D eigenvalue weighted by Crippen LogP contribution is -2.68. The summed E-state index contributed by atoms with van der Waals surface area (Å²) in [6.45, 7) is 4.03. The van der Waals surface area contributed by atoms with Gasteiger partial charge in [-0.3, -0.25) is 13.8 Å². The van der Waals surface area contributed by atoms with E-state index < -0.39 is 26.9 Å². The number of hydrogen-bond acceptors (Lipinski definition) is 6. The molecule has 0 amide bonds.